The van der Waals surface area contributed by atoms with Crippen molar-refractivity contribution in [3.8, 4) is 0 Å². The summed E-state index contributed by atoms with van der Waals surface area (Å²) in [6.07, 6.45) is -4.59. The molecule has 47 heavy (non-hydrogen) atoms. The molecule has 4 aromatic carbocycles. The minimum absolute atomic E-state index is 0.0351. The predicted octanol–water partition coefficient (Wildman–Crippen LogP) is 5.45. The highest BCUT2D eigenvalue weighted by molar-refractivity contribution is 5.91. The number of hydrogen-bond acceptors (Lipinski definition) is 10. The predicted molar refractivity (Wildman–Crippen MR) is 167 cm³/mol. The van der Waals surface area contributed by atoms with Crippen LogP contribution in [-0.2, 0) is 39.1 Å². The molecule has 4 aromatic rings. The lowest BCUT2D eigenvalue weighted by Gasteiger charge is -2.41. The third kappa shape index (κ3) is 7.16. The van der Waals surface area contributed by atoms with Crippen LogP contribution in [0.2, 0.25) is 0 Å². The second kappa shape index (κ2) is 14.5. The fourth-order valence-electron chi connectivity index (χ4n) is 5.31. The quantitative estimate of drug-likeness (QED) is 0.120. The topological polar surface area (TPSA) is 116 Å². The SMILES string of the molecule is C=CCOC1(c2ccccc2)OC2O[C@H](COC(=O)c3ccccc3)[C@H](OC(=O)c3ccccc3)[C@H](OC(=O)c3ccccc3)[C@H]2O1. The standard InChI is InChI=1S/C37H32O10/c1-2-23-42-37(28-21-13-6-14-22-28)46-32-31(45-35(40)27-19-11-5-12-20-27)30(44-34(39)26-17-9-4-10-18-26)29(43-36(32)47-37)24-41-33(38)25-15-7-3-8-16-25/h2-22,29-32,36H,1,23-24H2/t29-,30+,31+,32-,36?,37?/m1/s1. The molecule has 0 aromatic heterocycles. The lowest BCUT2D eigenvalue weighted by Crippen LogP contribution is -2.60. The van der Waals surface area contributed by atoms with Gasteiger partial charge in [0, 0.05) is 5.56 Å². The van der Waals surface area contributed by atoms with Crippen LogP contribution in [0.15, 0.2) is 134 Å². The molecule has 2 heterocycles. The van der Waals surface area contributed by atoms with E-state index >= 15 is 0 Å². The minimum Gasteiger partial charge on any atom is -0.459 e. The maximum atomic E-state index is 13.5. The van der Waals surface area contributed by atoms with Gasteiger partial charge in [-0.3, -0.25) is 4.74 Å². The van der Waals surface area contributed by atoms with E-state index in [0.717, 1.165) is 0 Å². The van der Waals surface area contributed by atoms with Crippen LogP contribution in [0.1, 0.15) is 36.6 Å². The zero-order chi connectivity index (χ0) is 32.6. The van der Waals surface area contributed by atoms with Crippen LogP contribution in [0.3, 0.4) is 0 Å². The third-order valence-electron chi connectivity index (χ3n) is 7.57. The maximum Gasteiger partial charge on any atom is 0.338 e. The molecule has 2 aliphatic heterocycles. The van der Waals surface area contributed by atoms with Gasteiger partial charge in [0.1, 0.15) is 12.7 Å². The Morgan fingerprint density at radius 1 is 0.660 bits per heavy atom. The zero-order valence-corrected chi connectivity index (χ0v) is 25.2. The van der Waals surface area contributed by atoms with Crippen molar-refractivity contribution in [3.63, 3.8) is 0 Å². The molecule has 10 heteroatoms. The van der Waals surface area contributed by atoms with E-state index in [2.05, 4.69) is 6.58 Å². The van der Waals surface area contributed by atoms with E-state index in [-0.39, 0.29) is 24.3 Å². The molecule has 2 fully saturated rings. The van der Waals surface area contributed by atoms with Crippen LogP contribution in [0.4, 0.5) is 0 Å². The van der Waals surface area contributed by atoms with Gasteiger partial charge in [-0.15, -0.1) is 6.58 Å². The number of ether oxygens (including phenoxy) is 7. The van der Waals surface area contributed by atoms with Crippen LogP contribution in [-0.4, -0.2) is 61.8 Å². The Morgan fingerprint density at radius 2 is 1.15 bits per heavy atom. The monoisotopic (exact) mass is 636 g/mol. The van der Waals surface area contributed by atoms with E-state index in [1.165, 1.54) is 6.08 Å². The van der Waals surface area contributed by atoms with E-state index in [1.807, 2.05) is 6.07 Å². The highest BCUT2D eigenvalue weighted by atomic mass is 16.9. The molecule has 2 unspecified atom stereocenters. The van der Waals surface area contributed by atoms with E-state index in [4.69, 9.17) is 33.2 Å². The molecule has 6 rings (SSSR count). The summed E-state index contributed by atoms with van der Waals surface area (Å²) < 4.78 is 42.9. The summed E-state index contributed by atoms with van der Waals surface area (Å²) in [5.74, 6) is -3.84. The molecule has 0 bridgehead atoms. The Bertz CT molecular complexity index is 1660. The van der Waals surface area contributed by atoms with Crippen LogP contribution in [0, 0.1) is 0 Å². The van der Waals surface area contributed by atoms with Crippen LogP contribution < -0.4 is 0 Å². The Kier molecular flexibility index (Phi) is 9.84. The van der Waals surface area contributed by atoms with Crippen LogP contribution >= 0.6 is 0 Å². The number of carbonyl (C=O) groups excluding carboxylic acids is 3. The molecular formula is C37H32O10. The summed E-state index contributed by atoms with van der Waals surface area (Å²) in [6, 6.07) is 33.9. The molecule has 0 N–H and O–H groups in total. The number of rotatable bonds is 11. The molecule has 2 aliphatic rings. The average Bonchev–Trinajstić information content (AvgIpc) is 3.51. The van der Waals surface area contributed by atoms with Gasteiger partial charge in [-0.25, -0.2) is 14.4 Å². The smallest absolute Gasteiger partial charge is 0.338 e. The van der Waals surface area contributed by atoms with Crippen molar-refractivity contribution in [2.45, 2.75) is 36.7 Å². The molecule has 240 valence electrons. The number of fused-ring (bicyclic) bond motifs is 1. The number of esters is 3. The summed E-state index contributed by atoms with van der Waals surface area (Å²) in [4.78, 5) is 40.0. The van der Waals surface area contributed by atoms with Gasteiger partial charge in [0.05, 0.1) is 23.3 Å². The van der Waals surface area contributed by atoms with Crippen LogP contribution in [0.5, 0.6) is 0 Å². The summed E-state index contributed by atoms with van der Waals surface area (Å²) >= 11 is 0. The molecule has 0 spiro atoms. The first-order valence-electron chi connectivity index (χ1n) is 15.0. The largest absolute Gasteiger partial charge is 0.459 e. The van der Waals surface area contributed by atoms with Gasteiger partial charge in [0.2, 0.25) is 0 Å². The Labute approximate surface area is 271 Å². The lowest BCUT2D eigenvalue weighted by atomic mass is 9.98. The highest BCUT2D eigenvalue weighted by Crippen LogP contribution is 2.45. The molecular weight excluding hydrogens is 604 g/mol. The Hall–Kier alpha value is -5.13. The summed E-state index contributed by atoms with van der Waals surface area (Å²) in [6.45, 7) is 3.39. The second-order valence-corrected chi connectivity index (χ2v) is 10.7. The van der Waals surface area contributed by atoms with Gasteiger partial charge in [-0.1, -0.05) is 91.0 Å². The van der Waals surface area contributed by atoms with Crippen molar-refractivity contribution in [1.29, 1.82) is 0 Å². The fraction of sp³-hybridized carbons (Fsp3) is 0.216. The van der Waals surface area contributed by atoms with Gasteiger partial charge in [0.15, 0.2) is 24.6 Å². The van der Waals surface area contributed by atoms with E-state index < -0.39 is 54.6 Å². The normalized spacial score (nSPS) is 24.8. The fourth-order valence-corrected chi connectivity index (χ4v) is 5.31. The van der Waals surface area contributed by atoms with Crippen LogP contribution in [0.25, 0.3) is 0 Å². The summed E-state index contributed by atoms with van der Waals surface area (Å²) in [5.41, 5.74) is 1.32. The molecule has 10 nitrogen and oxygen atoms in total. The number of benzene rings is 4. The van der Waals surface area contributed by atoms with Crippen molar-refractivity contribution in [2.24, 2.45) is 0 Å². The highest BCUT2D eigenvalue weighted by Gasteiger charge is 2.62. The Balaban J connectivity index is 1.37. The minimum atomic E-state index is -1.80. The second-order valence-electron chi connectivity index (χ2n) is 10.7. The van der Waals surface area contributed by atoms with Crippen molar-refractivity contribution >= 4 is 17.9 Å². The van der Waals surface area contributed by atoms with Gasteiger partial charge >= 0.3 is 23.9 Å². The van der Waals surface area contributed by atoms with Crippen molar-refractivity contribution < 1.29 is 47.5 Å². The molecule has 2 saturated heterocycles. The molecule has 0 aliphatic carbocycles. The van der Waals surface area contributed by atoms with Gasteiger partial charge in [-0.2, -0.15) is 0 Å². The molecule has 0 amide bonds. The third-order valence-corrected chi connectivity index (χ3v) is 7.57. The van der Waals surface area contributed by atoms with E-state index in [0.29, 0.717) is 11.1 Å². The molecule has 6 atom stereocenters. The van der Waals surface area contributed by atoms with E-state index in [1.54, 1.807) is 115 Å². The van der Waals surface area contributed by atoms with Gasteiger partial charge < -0.3 is 28.4 Å². The van der Waals surface area contributed by atoms with Gasteiger partial charge in [-0.05, 0) is 36.4 Å². The Morgan fingerprint density at radius 3 is 1.68 bits per heavy atom. The first-order valence-corrected chi connectivity index (χ1v) is 15.0. The van der Waals surface area contributed by atoms with Gasteiger partial charge in [0.25, 0.3) is 0 Å². The molecule has 0 radical (unpaired) electrons. The number of carbonyl (C=O) groups is 3. The van der Waals surface area contributed by atoms with Crippen molar-refractivity contribution in [3.05, 3.63) is 156 Å². The first kappa shape index (κ1) is 31.8. The first-order chi connectivity index (χ1) is 23.0. The average molecular weight is 637 g/mol. The summed E-state index contributed by atoms with van der Waals surface area (Å²) in [5, 5.41) is 0. The number of hydrogen-bond donors (Lipinski definition) is 0. The molecule has 0 saturated carbocycles. The zero-order valence-electron chi connectivity index (χ0n) is 25.2. The van der Waals surface area contributed by atoms with E-state index in [9.17, 15) is 14.4 Å². The van der Waals surface area contributed by atoms with Crippen molar-refractivity contribution in [2.75, 3.05) is 13.2 Å². The summed E-state index contributed by atoms with van der Waals surface area (Å²) in [7, 11) is 0. The van der Waals surface area contributed by atoms with Crippen molar-refractivity contribution in [1.82, 2.24) is 0 Å². The maximum absolute atomic E-state index is 13.5. The lowest BCUT2D eigenvalue weighted by molar-refractivity contribution is -0.363.